The highest BCUT2D eigenvalue weighted by Gasteiger charge is 2.24. The first-order valence-electron chi connectivity index (χ1n) is 25.9. The number of hydrogen-bond donors (Lipinski definition) is 3. The monoisotopic (exact) mass is 842 g/mol. The van der Waals surface area contributed by atoms with E-state index in [9.17, 15) is 19.8 Å². The molecule has 0 aliphatic rings. The van der Waals surface area contributed by atoms with Gasteiger partial charge in [0.2, 0.25) is 5.91 Å². The fraction of sp³-hybridized carbons (Fsp3) is 0.815. The topological polar surface area (TPSA) is 95.9 Å². The van der Waals surface area contributed by atoms with Crippen molar-refractivity contribution in [2.75, 3.05) is 6.61 Å². The van der Waals surface area contributed by atoms with Gasteiger partial charge in [-0.2, -0.15) is 0 Å². The Morgan fingerprint density at radius 2 is 0.900 bits per heavy atom. The number of rotatable bonds is 46. The van der Waals surface area contributed by atoms with Crippen molar-refractivity contribution in [3.63, 3.8) is 0 Å². The Morgan fingerprint density at radius 3 is 1.38 bits per heavy atom. The molecule has 0 aliphatic carbocycles. The second-order valence-electron chi connectivity index (χ2n) is 17.5. The number of unbranched alkanes of at least 4 members (excludes halogenated alkanes) is 26. The van der Waals surface area contributed by atoms with Crippen LogP contribution in [0.1, 0.15) is 258 Å². The Labute approximate surface area is 372 Å². The minimum Gasteiger partial charge on any atom is -0.462 e. The molecule has 0 bridgehead atoms. The first-order valence-corrected chi connectivity index (χ1v) is 25.9. The molecular weight excluding hydrogens is 743 g/mol. The van der Waals surface area contributed by atoms with Crippen LogP contribution in [0.15, 0.2) is 48.6 Å². The maximum atomic E-state index is 13.2. The molecule has 0 rings (SSSR count). The van der Waals surface area contributed by atoms with Crippen LogP contribution in [0.5, 0.6) is 0 Å². The Kier molecular flexibility index (Phi) is 46.1. The van der Waals surface area contributed by atoms with Crippen molar-refractivity contribution in [2.45, 2.75) is 277 Å². The summed E-state index contributed by atoms with van der Waals surface area (Å²) in [5.74, 6) is -0.493. The van der Waals surface area contributed by atoms with Crippen molar-refractivity contribution in [3.8, 4) is 0 Å². The van der Waals surface area contributed by atoms with Gasteiger partial charge in [0.05, 0.1) is 25.2 Å². The highest BCUT2D eigenvalue weighted by atomic mass is 16.5. The molecule has 0 aromatic heterocycles. The predicted octanol–water partition coefficient (Wildman–Crippen LogP) is 15.5. The van der Waals surface area contributed by atoms with E-state index >= 15 is 0 Å². The normalized spacial score (nSPS) is 13.6. The van der Waals surface area contributed by atoms with Gasteiger partial charge < -0.3 is 20.3 Å². The number of nitrogens with one attached hydrogen (secondary N) is 1. The third-order valence-electron chi connectivity index (χ3n) is 11.6. The van der Waals surface area contributed by atoms with Crippen molar-refractivity contribution in [2.24, 2.45) is 0 Å². The number of carbonyl (C=O) groups is 2. The SMILES string of the molecule is CC/C=C/C/C=C/CCCCCCCC(CC(=O)NC(CO)C(O)CCCCCCCCCCCCCC)OC(=O)CCCCCCCCC/C=C\C/C=C\CCCCC. The molecule has 0 fully saturated rings. The van der Waals surface area contributed by atoms with E-state index in [4.69, 9.17) is 4.74 Å². The number of amides is 1. The van der Waals surface area contributed by atoms with Crippen molar-refractivity contribution in [1.29, 1.82) is 0 Å². The fourth-order valence-electron chi connectivity index (χ4n) is 7.73. The summed E-state index contributed by atoms with van der Waals surface area (Å²) >= 11 is 0. The van der Waals surface area contributed by atoms with Gasteiger partial charge in [0.15, 0.2) is 0 Å². The number of hydrogen-bond acceptors (Lipinski definition) is 5. The van der Waals surface area contributed by atoms with Crippen LogP contribution >= 0.6 is 0 Å². The molecule has 3 atom stereocenters. The summed E-state index contributed by atoms with van der Waals surface area (Å²) in [7, 11) is 0. The Bertz CT molecular complexity index is 1040. The molecule has 1 amide bonds. The van der Waals surface area contributed by atoms with Crippen molar-refractivity contribution in [3.05, 3.63) is 48.6 Å². The molecule has 0 spiro atoms. The molecule has 3 N–H and O–H groups in total. The van der Waals surface area contributed by atoms with E-state index in [1.807, 2.05) is 0 Å². The molecule has 0 aromatic carbocycles. The van der Waals surface area contributed by atoms with Gasteiger partial charge >= 0.3 is 5.97 Å². The van der Waals surface area contributed by atoms with Crippen molar-refractivity contribution < 1.29 is 24.5 Å². The van der Waals surface area contributed by atoms with E-state index in [2.05, 4.69) is 74.7 Å². The zero-order valence-corrected chi connectivity index (χ0v) is 39.8. The van der Waals surface area contributed by atoms with Crippen molar-refractivity contribution >= 4 is 11.9 Å². The van der Waals surface area contributed by atoms with Crippen LogP contribution in [0, 0.1) is 0 Å². The van der Waals surface area contributed by atoms with Gasteiger partial charge in [0.1, 0.15) is 6.10 Å². The maximum Gasteiger partial charge on any atom is 0.306 e. The molecule has 0 saturated carbocycles. The van der Waals surface area contributed by atoms with Gasteiger partial charge in [0.25, 0.3) is 0 Å². The van der Waals surface area contributed by atoms with E-state index in [0.29, 0.717) is 19.3 Å². The number of esters is 1. The Hall–Kier alpha value is -2.18. The summed E-state index contributed by atoms with van der Waals surface area (Å²) in [5.41, 5.74) is 0. The van der Waals surface area contributed by atoms with Gasteiger partial charge in [-0.1, -0.05) is 211 Å². The molecule has 0 aliphatic heterocycles. The minimum atomic E-state index is -0.792. The Balaban J connectivity index is 4.56. The zero-order valence-electron chi connectivity index (χ0n) is 39.8. The highest BCUT2D eigenvalue weighted by molar-refractivity contribution is 5.77. The largest absolute Gasteiger partial charge is 0.462 e. The average molecular weight is 842 g/mol. The van der Waals surface area contributed by atoms with Crippen LogP contribution in [-0.4, -0.2) is 46.9 Å². The van der Waals surface area contributed by atoms with E-state index in [0.717, 1.165) is 89.9 Å². The molecule has 0 radical (unpaired) electrons. The second kappa shape index (κ2) is 47.9. The summed E-state index contributed by atoms with van der Waals surface area (Å²) in [6, 6.07) is -0.706. The van der Waals surface area contributed by atoms with Crippen LogP contribution < -0.4 is 5.32 Å². The zero-order chi connectivity index (χ0) is 43.8. The van der Waals surface area contributed by atoms with Gasteiger partial charge in [-0.25, -0.2) is 0 Å². The highest BCUT2D eigenvalue weighted by Crippen LogP contribution is 2.18. The van der Waals surface area contributed by atoms with Crippen LogP contribution in [0.25, 0.3) is 0 Å². The van der Waals surface area contributed by atoms with Crippen molar-refractivity contribution in [1.82, 2.24) is 5.32 Å². The summed E-state index contributed by atoms with van der Waals surface area (Å²) in [6.45, 7) is 6.35. The summed E-state index contributed by atoms with van der Waals surface area (Å²) in [4.78, 5) is 26.1. The maximum absolute atomic E-state index is 13.2. The van der Waals surface area contributed by atoms with Gasteiger partial charge in [-0.15, -0.1) is 0 Å². The lowest BCUT2D eigenvalue weighted by Crippen LogP contribution is -2.46. The number of carbonyl (C=O) groups excluding carboxylic acids is 2. The van der Waals surface area contributed by atoms with E-state index in [1.165, 1.54) is 122 Å². The molecule has 60 heavy (non-hydrogen) atoms. The van der Waals surface area contributed by atoms with E-state index in [-0.39, 0.29) is 24.9 Å². The number of allylic oxidation sites excluding steroid dienone is 8. The summed E-state index contributed by atoms with van der Waals surface area (Å²) in [6.07, 6.45) is 57.4. The lowest BCUT2D eigenvalue weighted by atomic mass is 10.0. The number of aliphatic hydroxyl groups is 2. The van der Waals surface area contributed by atoms with E-state index in [1.54, 1.807) is 0 Å². The quantitative estimate of drug-likeness (QED) is 0.0322. The molecule has 0 saturated heterocycles. The molecule has 3 unspecified atom stereocenters. The van der Waals surface area contributed by atoms with Crippen LogP contribution in [0.3, 0.4) is 0 Å². The third-order valence-corrected chi connectivity index (χ3v) is 11.6. The lowest BCUT2D eigenvalue weighted by Gasteiger charge is -2.24. The smallest absolute Gasteiger partial charge is 0.306 e. The molecular formula is C54H99NO5. The summed E-state index contributed by atoms with van der Waals surface area (Å²) in [5, 5.41) is 23.7. The molecule has 6 heteroatoms. The number of aliphatic hydroxyl groups excluding tert-OH is 2. The fourth-order valence-corrected chi connectivity index (χ4v) is 7.73. The second-order valence-corrected chi connectivity index (χ2v) is 17.5. The Morgan fingerprint density at radius 1 is 0.500 bits per heavy atom. The van der Waals surface area contributed by atoms with E-state index < -0.39 is 18.2 Å². The standard InChI is InChI=1S/C54H99NO5/c1-4-7-10-13-16-19-22-25-26-27-28-29-32-35-38-41-44-47-54(59)60-50(45-42-39-36-33-30-23-20-17-14-11-8-5-2)48-53(58)55-51(49-56)52(57)46-43-40-37-34-31-24-21-18-15-12-9-6-3/h8,11,16-17,19-20,25-26,50-52,56-57H,4-7,9-10,12-15,18,21-24,27-49H2,1-3H3,(H,55,58)/b11-8+,19-16-,20-17+,26-25-. The summed E-state index contributed by atoms with van der Waals surface area (Å²) < 4.78 is 5.92. The van der Waals surface area contributed by atoms with Gasteiger partial charge in [-0.05, 0) is 83.5 Å². The molecule has 0 aromatic rings. The number of ether oxygens (including phenoxy) is 1. The first-order chi connectivity index (χ1) is 29.5. The molecule has 350 valence electrons. The minimum absolute atomic E-state index is 0.0653. The lowest BCUT2D eigenvalue weighted by molar-refractivity contribution is -0.151. The predicted molar refractivity (Wildman–Crippen MR) is 259 cm³/mol. The van der Waals surface area contributed by atoms with Crippen LogP contribution in [0.4, 0.5) is 0 Å². The van der Waals surface area contributed by atoms with Gasteiger partial charge in [0, 0.05) is 6.42 Å². The first kappa shape index (κ1) is 57.8. The third kappa shape index (κ3) is 42.5. The van der Waals surface area contributed by atoms with Crippen LogP contribution in [0.2, 0.25) is 0 Å². The van der Waals surface area contributed by atoms with Crippen LogP contribution in [-0.2, 0) is 14.3 Å². The van der Waals surface area contributed by atoms with Gasteiger partial charge in [-0.3, -0.25) is 9.59 Å². The average Bonchev–Trinajstić information content (AvgIpc) is 3.24. The molecule has 0 heterocycles. The molecule has 6 nitrogen and oxygen atoms in total.